The lowest BCUT2D eigenvalue weighted by molar-refractivity contribution is 0.192. The smallest absolute Gasteiger partial charge is 0.224 e. The van der Waals surface area contributed by atoms with Gasteiger partial charge in [0.1, 0.15) is 0 Å². The van der Waals surface area contributed by atoms with E-state index in [1.807, 2.05) is 5.59 Å². The van der Waals surface area contributed by atoms with Gasteiger partial charge in [-0.2, -0.15) is 9.97 Å². The van der Waals surface area contributed by atoms with E-state index in [1.165, 1.54) is 0 Å². The predicted molar refractivity (Wildman–Crippen MR) is 59.9 cm³/mol. The van der Waals surface area contributed by atoms with Gasteiger partial charge in [0.25, 0.3) is 0 Å². The quantitative estimate of drug-likeness (QED) is 0.354. The van der Waals surface area contributed by atoms with Gasteiger partial charge in [0.15, 0.2) is 11.6 Å². The van der Waals surface area contributed by atoms with Crippen molar-refractivity contribution in [3.63, 3.8) is 0 Å². The summed E-state index contributed by atoms with van der Waals surface area (Å²) in [6.07, 6.45) is 0. The molecular weight excluding hydrogens is 234 g/mol. The fraction of sp³-hybridized carbons (Fsp3) is 0.429. The molecule has 1 aromatic rings. The Labute approximate surface area is 96.7 Å². The normalized spacial score (nSPS) is 14.0. The van der Waals surface area contributed by atoms with Crippen LogP contribution >= 0.6 is 11.6 Å². The summed E-state index contributed by atoms with van der Waals surface area (Å²) in [5.74, 6) is 1.71. The van der Waals surface area contributed by atoms with Gasteiger partial charge in [-0.3, -0.25) is 15.6 Å². The van der Waals surface area contributed by atoms with Gasteiger partial charge in [-0.25, -0.2) is 5.43 Å². The Morgan fingerprint density at radius 3 is 3.06 bits per heavy atom. The molecule has 8 nitrogen and oxygen atoms in total. The molecule has 0 atom stereocenters. The Hall–Kier alpha value is -1.35. The van der Waals surface area contributed by atoms with Gasteiger partial charge < -0.3 is 5.73 Å². The van der Waals surface area contributed by atoms with Crippen molar-refractivity contribution >= 4 is 29.2 Å². The molecule has 0 aromatic carbocycles. The highest BCUT2D eigenvalue weighted by Crippen LogP contribution is 2.28. The Kier molecular flexibility index (Phi) is 3.25. The molecule has 0 amide bonds. The molecule has 1 aliphatic heterocycles. The molecular formula is C7H12ClN7O. The minimum absolute atomic E-state index is 0.125. The highest BCUT2D eigenvalue weighted by atomic mass is 35.5. The van der Waals surface area contributed by atoms with Crippen molar-refractivity contribution in [2.75, 3.05) is 28.6 Å². The van der Waals surface area contributed by atoms with E-state index in [-0.39, 0.29) is 5.95 Å². The number of hydrogen-bond acceptors (Lipinski definition) is 8. The van der Waals surface area contributed by atoms with E-state index in [2.05, 4.69) is 20.8 Å². The van der Waals surface area contributed by atoms with Crippen LogP contribution in [0.25, 0.3) is 0 Å². The molecule has 88 valence electrons. The summed E-state index contributed by atoms with van der Waals surface area (Å²) >= 11 is 5.66. The molecule has 0 saturated heterocycles. The molecule has 0 radical (unpaired) electrons. The summed E-state index contributed by atoms with van der Waals surface area (Å²) in [5.41, 5.74) is 13.8. The summed E-state index contributed by atoms with van der Waals surface area (Å²) in [4.78, 5) is 8.08. The SMILES string of the molecule is Nc1nc(NNO)c2c(n1)N(CCCl)NC2. The summed E-state index contributed by atoms with van der Waals surface area (Å²) in [6.45, 7) is 1.16. The first-order valence-corrected chi connectivity index (χ1v) is 5.18. The van der Waals surface area contributed by atoms with Gasteiger partial charge in [-0.05, 0) is 0 Å². The first-order chi connectivity index (χ1) is 7.76. The van der Waals surface area contributed by atoms with Crippen molar-refractivity contribution < 1.29 is 5.21 Å². The number of aromatic nitrogens is 2. The molecule has 6 N–H and O–H groups in total. The minimum Gasteiger partial charge on any atom is -0.368 e. The van der Waals surface area contributed by atoms with Crippen LogP contribution in [0.2, 0.25) is 0 Å². The Morgan fingerprint density at radius 1 is 1.56 bits per heavy atom. The number of nitrogens with zero attached hydrogens (tertiary/aromatic N) is 3. The minimum atomic E-state index is 0.125. The maximum atomic E-state index is 8.59. The van der Waals surface area contributed by atoms with Crippen LogP contribution in [0.1, 0.15) is 5.56 Å². The summed E-state index contributed by atoms with van der Waals surface area (Å²) in [5, 5.41) is 10.4. The number of nitrogens with one attached hydrogen (secondary N) is 3. The van der Waals surface area contributed by atoms with Crippen LogP contribution in [0, 0.1) is 0 Å². The van der Waals surface area contributed by atoms with Crippen LogP contribution in [0.5, 0.6) is 0 Å². The van der Waals surface area contributed by atoms with E-state index >= 15 is 0 Å². The Balaban J connectivity index is 2.35. The lowest BCUT2D eigenvalue weighted by atomic mass is 10.3. The summed E-state index contributed by atoms with van der Waals surface area (Å²) < 4.78 is 0. The molecule has 1 aromatic heterocycles. The number of anilines is 3. The zero-order chi connectivity index (χ0) is 11.5. The number of alkyl halides is 1. The van der Waals surface area contributed by atoms with Crippen molar-refractivity contribution in [2.45, 2.75) is 6.54 Å². The molecule has 1 aliphatic rings. The van der Waals surface area contributed by atoms with Crippen molar-refractivity contribution in [1.29, 1.82) is 0 Å². The maximum Gasteiger partial charge on any atom is 0.224 e. The molecule has 0 aliphatic carbocycles. The molecule has 0 fully saturated rings. The van der Waals surface area contributed by atoms with Crippen LogP contribution in [0.4, 0.5) is 17.6 Å². The van der Waals surface area contributed by atoms with E-state index in [1.54, 1.807) is 5.01 Å². The zero-order valence-corrected chi connectivity index (χ0v) is 9.12. The van der Waals surface area contributed by atoms with Gasteiger partial charge in [-0.15, -0.1) is 17.2 Å². The number of fused-ring (bicyclic) bond motifs is 1. The summed E-state index contributed by atoms with van der Waals surface area (Å²) in [6, 6.07) is 0. The number of nitrogens with two attached hydrogens (primary N) is 1. The highest BCUT2D eigenvalue weighted by Gasteiger charge is 2.24. The first-order valence-electron chi connectivity index (χ1n) is 4.64. The first kappa shape index (κ1) is 11.1. The van der Waals surface area contributed by atoms with E-state index in [4.69, 9.17) is 22.5 Å². The van der Waals surface area contributed by atoms with Crippen LogP contribution in [-0.4, -0.2) is 27.6 Å². The van der Waals surface area contributed by atoms with Crippen molar-refractivity contribution in [3.8, 4) is 0 Å². The zero-order valence-electron chi connectivity index (χ0n) is 8.37. The largest absolute Gasteiger partial charge is 0.368 e. The van der Waals surface area contributed by atoms with Gasteiger partial charge in [0, 0.05) is 19.0 Å². The number of hydrogen-bond donors (Lipinski definition) is 5. The van der Waals surface area contributed by atoms with Gasteiger partial charge >= 0.3 is 0 Å². The van der Waals surface area contributed by atoms with Crippen molar-refractivity contribution in [3.05, 3.63) is 5.56 Å². The van der Waals surface area contributed by atoms with Gasteiger partial charge in [0.2, 0.25) is 5.95 Å². The number of hydrazine groups is 2. The third kappa shape index (κ3) is 1.95. The van der Waals surface area contributed by atoms with Crippen LogP contribution in [-0.2, 0) is 6.54 Å². The fourth-order valence-corrected chi connectivity index (χ4v) is 1.72. The second-order valence-electron chi connectivity index (χ2n) is 3.14. The standard InChI is InChI=1S/C7H12ClN7O/c8-1-2-15-6-4(3-10-15)5(13-14-16)11-7(9)12-6/h10,14,16H,1-3H2,(H3,9,11,12,13). The van der Waals surface area contributed by atoms with Crippen molar-refractivity contribution in [2.24, 2.45) is 0 Å². The average Bonchev–Trinajstić information content (AvgIpc) is 2.63. The third-order valence-corrected chi connectivity index (χ3v) is 2.36. The topological polar surface area (TPSA) is 111 Å². The number of halogens is 1. The Bertz CT molecular complexity index is 387. The number of nitrogen functional groups attached to an aromatic ring is 1. The predicted octanol–water partition coefficient (Wildman–Crippen LogP) is -0.572. The van der Waals surface area contributed by atoms with E-state index in [0.717, 1.165) is 5.56 Å². The van der Waals surface area contributed by atoms with E-state index in [9.17, 15) is 0 Å². The monoisotopic (exact) mass is 245 g/mol. The lowest BCUT2D eigenvalue weighted by Crippen LogP contribution is -2.34. The molecule has 0 bridgehead atoms. The van der Waals surface area contributed by atoms with E-state index < -0.39 is 0 Å². The van der Waals surface area contributed by atoms with E-state index in [0.29, 0.717) is 30.6 Å². The molecule has 2 rings (SSSR count). The Morgan fingerprint density at radius 2 is 2.38 bits per heavy atom. The molecule has 2 heterocycles. The molecule has 9 heteroatoms. The maximum absolute atomic E-state index is 8.59. The third-order valence-electron chi connectivity index (χ3n) is 2.19. The highest BCUT2D eigenvalue weighted by molar-refractivity contribution is 6.18. The van der Waals surface area contributed by atoms with Gasteiger partial charge in [-0.1, -0.05) is 0 Å². The molecule has 0 unspecified atom stereocenters. The summed E-state index contributed by atoms with van der Waals surface area (Å²) in [7, 11) is 0. The lowest BCUT2D eigenvalue weighted by Gasteiger charge is -2.16. The number of rotatable bonds is 4. The second kappa shape index (κ2) is 4.66. The molecule has 16 heavy (non-hydrogen) atoms. The van der Waals surface area contributed by atoms with Crippen LogP contribution in [0.15, 0.2) is 0 Å². The molecule has 0 spiro atoms. The average molecular weight is 246 g/mol. The van der Waals surface area contributed by atoms with Crippen molar-refractivity contribution in [1.82, 2.24) is 21.0 Å². The fourth-order valence-electron chi connectivity index (χ4n) is 1.55. The molecule has 0 saturated carbocycles. The van der Waals surface area contributed by atoms with Crippen LogP contribution in [0.3, 0.4) is 0 Å². The van der Waals surface area contributed by atoms with Gasteiger partial charge in [0.05, 0.1) is 5.56 Å². The second-order valence-corrected chi connectivity index (χ2v) is 3.52. The van der Waals surface area contributed by atoms with Crippen LogP contribution < -0.4 is 27.2 Å².